The van der Waals surface area contributed by atoms with Crippen molar-refractivity contribution >= 4 is 50.1 Å². The Morgan fingerprint density at radius 3 is 2.57 bits per heavy atom. The van der Waals surface area contributed by atoms with Crippen molar-refractivity contribution in [3.8, 4) is 11.8 Å². The first-order valence-corrected chi connectivity index (χ1v) is 12.0. The maximum Gasteiger partial charge on any atom is 1.00 e. The molecule has 5 rings (SSSR count). The number of amides is 1. The zero-order valence-corrected chi connectivity index (χ0v) is 23.0. The van der Waals surface area contributed by atoms with Gasteiger partial charge in [0.15, 0.2) is 0 Å². The van der Waals surface area contributed by atoms with Gasteiger partial charge in [0, 0.05) is 9.40 Å². The van der Waals surface area contributed by atoms with E-state index in [-0.39, 0.29) is 46.2 Å². The predicted molar refractivity (Wildman–Crippen MR) is 130 cm³/mol. The molecule has 1 aromatic carbocycles. The zero-order chi connectivity index (χ0) is 23.0. The van der Waals surface area contributed by atoms with Crippen LogP contribution in [0.5, 0.6) is 0 Å². The van der Waals surface area contributed by atoms with Crippen LogP contribution in [0.15, 0.2) is 47.0 Å². The van der Waals surface area contributed by atoms with Gasteiger partial charge in [-0.15, -0.1) is 22.7 Å². The molecule has 174 valence electrons. The molecule has 35 heavy (non-hydrogen) atoms. The Hall–Kier alpha value is -2.45. The monoisotopic (exact) mass is 515 g/mol. The van der Waals surface area contributed by atoms with E-state index in [2.05, 4.69) is 34.7 Å². The van der Waals surface area contributed by atoms with Gasteiger partial charge in [-0.3, -0.25) is 11.6 Å². The van der Waals surface area contributed by atoms with Gasteiger partial charge in [-0.1, -0.05) is 53.7 Å². The fourth-order valence-corrected chi connectivity index (χ4v) is 5.90. The molecule has 0 spiro atoms. The normalized spacial score (nSPS) is 14.0. The topological polar surface area (TPSA) is 111 Å². The molecule has 7 nitrogen and oxygen atoms in total. The molecule has 0 bridgehead atoms. The number of ether oxygens (including phenoxy) is 1. The molecular formula is C25H20N2NaO5S2-. The van der Waals surface area contributed by atoms with E-state index in [0.717, 1.165) is 37.6 Å². The van der Waals surface area contributed by atoms with Crippen LogP contribution in [0, 0.1) is 18.8 Å². The molecule has 0 saturated heterocycles. The number of anilines is 1. The molecule has 1 aliphatic carbocycles. The number of hydrogen-bond acceptors (Lipinski definition) is 8. The van der Waals surface area contributed by atoms with Gasteiger partial charge in [0.05, 0.1) is 4.88 Å². The second kappa shape index (κ2) is 11.1. The zero-order valence-electron chi connectivity index (χ0n) is 19.4. The third-order valence-corrected chi connectivity index (χ3v) is 7.98. The van der Waals surface area contributed by atoms with Crippen LogP contribution in [-0.4, -0.2) is 23.0 Å². The number of nitrogens with zero attached hydrogens (tertiary/aromatic N) is 1. The van der Waals surface area contributed by atoms with Crippen molar-refractivity contribution in [2.75, 3.05) is 5.32 Å². The van der Waals surface area contributed by atoms with Crippen LogP contribution in [0.2, 0.25) is 0 Å². The molecule has 10 heteroatoms. The fraction of sp³-hybridized carbons (Fsp3) is 0.240. The first kappa shape index (κ1) is 27.1. The van der Waals surface area contributed by atoms with Gasteiger partial charge in [0.2, 0.25) is 5.76 Å². The third-order valence-electron chi connectivity index (χ3n) is 5.57. The summed E-state index contributed by atoms with van der Waals surface area (Å²) in [7, 11) is 0. The maximum absolute atomic E-state index is 12.4. The number of carbonyl (C=O) groups excluding carboxylic acids is 2. The summed E-state index contributed by atoms with van der Waals surface area (Å²) in [5.41, 5.74) is 1.43. The average molecular weight is 516 g/mol. The van der Waals surface area contributed by atoms with Crippen LogP contribution in [0.4, 0.5) is 10.5 Å². The number of carbonyl (C=O) groups is 1. The van der Waals surface area contributed by atoms with Crippen LogP contribution >= 0.6 is 22.7 Å². The third kappa shape index (κ3) is 5.70. The van der Waals surface area contributed by atoms with E-state index >= 15 is 0 Å². The van der Waals surface area contributed by atoms with Gasteiger partial charge >= 0.3 is 35.7 Å². The number of thiophene rings is 2. The van der Waals surface area contributed by atoms with E-state index in [1.165, 1.54) is 0 Å². The average Bonchev–Trinajstić information content (AvgIpc) is 3.20. The largest absolute Gasteiger partial charge is 1.00 e. The second-order valence-corrected chi connectivity index (χ2v) is 10.1. The summed E-state index contributed by atoms with van der Waals surface area (Å²) >= 11 is 3.18. The number of rotatable bonds is 5. The molecule has 0 unspecified atom stereocenters. The molecule has 0 aliphatic heterocycles. The first-order valence-electron chi connectivity index (χ1n) is 10.4. The summed E-state index contributed by atoms with van der Waals surface area (Å²) in [4.78, 5) is 25.6. The summed E-state index contributed by atoms with van der Waals surface area (Å²) in [6, 6.07) is 13.6. The fourth-order valence-electron chi connectivity index (χ4n) is 3.46. The smallest absolute Gasteiger partial charge is 0.870 e. The minimum atomic E-state index is -0.606. The Kier molecular flexibility index (Phi) is 8.59. The number of aromatic nitrogens is 1. The summed E-state index contributed by atoms with van der Waals surface area (Å²) in [5.74, 6) is 6.32. The van der Waals surface area contributed by atoms with Gasteiger partial charge < -0.3 is 19.5 Å². The molecule has 1 atom stereocenters. The van der Waals surface area contributed by atoms with Gasteiger partial charge in [-0.25, -0.2) is 4.79 Å². The van der Waals surface area contributed by atoms with E-state index in [1.807, 2.05) is 43.3 Å². The standard InChI is InChI=1S/C25H19N2O4S2.Na.H2O/c1-15-23(26-24(29)30-16(2)17-6-4-3-5-7-17)19(31-27-15)9-8-18-12-20-21(32-18)13-22(33-20)25(14-28)10-11-25;;/h3-7,12-13,16H,10-11H2,1-2H3,(H,26,29);;1H2/q-1;+1;/p-1/t16-;;/m1../s1. The van der Waals surface area contributed by atoms with Gasteiger partial charge in [0.1, 0.15) is 17.5 Å². The molecule has 3 aromatic heterocycles. The predicted octanol–water partition coefficient (Wildman–Crippen LogP) is 2.94. The van der Waals surface area contributed by atoms with E-state index in [4.69, 9.17) is 9.26 Å². The molecule has 0 radical (unpaired) electrons. The van der Waals surface area contributed by atoms with Crippen molar-refractivity contribution in [2.24, 2.45) is 0 Å². The van der Waals surface area contributed by atoms with Gasteiger partial charge in [-0.2, -0.15) is 0 Å². The Balaban J connectivity index is 0.00000171. The van der Waals surface area contributed by atoms with Crippen LogP contribution in [0.1, 0.15) is 52.6 Å². The van der Waals surface area contributed by atoms with Crippen molar-refractivity contribution < 1.29 is 53.9 Å². The summed E-state index contributed by atoms with van der Waals surface area (Å²) in [6.07, 6.45) is 2.95. The van der Waals surface area contributed by atoms with E-state index < -0.39 is 12.2 Å². The van der Waals surface area contributed by atoms with E-state index in [0.29, 0.717) is 11.4 Å². The molecular weight excluding hydrogens is 495 g/mol. The molecule has 3 heterocycles. The molecule has 1 fully saturated rings. The van der Waals surface area contributed by atoms with Crippen molar-refractivity contribution in [2.45, 2.75) is 38.2 Å². The number of benzene rings is 1. The number of aryl methyl sites for hydroxylation is 1. The summed E-state index contributed by atoms with van der Waals surface area (Å²) in [6.45, 7) is 3.54. The molecule has 1 amide bonds. The SMILES string of the molecule is Cc1noc(C#Cc2cc3sc(C4([C-]=O)CC4)cc3s2)c1NC(=O)O[C@H](C)c1ccccc1.[Na+].[OH-]. The molecule has 2 N–H and O–H groups in total. The summed E-state index contributed by atoms with van der Waals surface area (Å²) in [5, 5.41) is 6.63. The molecule has 1 saturated carbocycles. The quantitative estimate of drug-likeness (QED) is 0.249. The molecule has 4 aromatic rings. The van der Waals surface area contributed by atoms with Crippen molar-refractivity contribution in [1.82, 2.24) is 5.16 Å². The van der Waals surface area contributed by atoms with Crippen molar-refractivity contribution in [3.05, 3.63) is 69.2 Å². The Morgan fingerprint density at radius 1 is 1.20 bits per heavy atom. The first-order chi connectivity index (χ1) is 16.0. The van der Waals surface area contributed by atoms with Crippen LogP contribution < -0.4 is 34.9 Å². The van der Waals surface area contributed by atoms with Crippen LogP contribution in [-0.2, 0) is 14.9 Å². The number of hydrogen-bond donors (Lipinski definition) is 1. The number of fused-ring (bicyclic) bond motifs is 1. The number of nitrogens with one attached hydrogen (secondary N) is 1. The molecule has 1 aliphatic rings. The van der Waals surface area contributed by atoms with Gasteiger partial charge in [-0.05, 0) is 48.3 Å². The van der Waals surface area contributed by atoms with E-state index in [9.17, 15) is 9.59 Å². The van der Waals surface area contributed by atoms with E-state index in [1.54, 1.807) is 29.6 Å². The second-order valence-electron chi connectivity index (χ2n) is 7.94. The minimum absolute atomic E-state index is 0. The Morgan fingerprint density at radius 2 is 1.91 bits per heavy atom. The minimum Gasteiger partial charge on any atom is -0.870 e. The van der Waals surface area contributed by atoms with Gasteiger partial charge in [0.25, 0.3) is 0 Å². The van der Waals surface area contributed by atoms with Crippen LogP contribution in [0.25, 0.3) is 9.40 Å². The van der Waals surface area contributed by atoms with Crippen LogP contribution in [0.3, 0.4) is 0 Å². The summed E-state index contributed by atoms with van der Waals surface area (Å²) < 4.78 is 13.0. The maximum atomic E-state index is 12.4. The Labute approximate surface area is 232 Å². The Bertz CT molecular complexity index is 1380. The van der Waals surface area contributed by atoms with Crippen molar-refractivity contribution in [1.29, 1.82) is 0 Å². The van der Waals surface area contributed by atoms with Crippen molar-refractivity contribution in [3.63, 3.8) is 0 Å².